The number of halogens is 2. The van der Waals surface area contributed by atoms with E-state index in [0.717, 1.165) is 24.3 Å². The molecule has 12 heteroatoms. The highest BCUT2D eigenvalue weighted by atomic mass is 35.5. The van der Waals surface area contributed by atoms with E-state index in [0.29, 0.717) is 0 Å². The van der Waals surface area contributed by atoms with Gasteiger partial charge in [0.25, 0.3) is 0 Å². The molecule has 3 N–H and O–H groups in total. The zero-order chi connectivity index (χ0) is 26.4. The van der Waals surface area contributed by atoms with Crippen LogP contribution in [-0.2, 0) is 19.7 Å². The van der Waals surface area contributed by atoms with Crippen molar-refractivity contribution in [2.75, 3.05) is 0 Å². The van der Waals surface area contributed by atoms with E-state index in [2.05, 4.69) is 0 Å². The number of aliphatic carboxylic acids is 1. The van der Waals surface area contributed by atoms with Crippen LogP contribution in [0, 0.1) is 6.92 Å². The SMILES string of the molecule is CC1=CC(=C(c2cc(C)c(O)c(C(=O)O)c2)c2c(Cl)ccc(S(=O)(=O)[O-])c2Cl)C=C(C(=O)O)C1=O. The van der Waals surface area contributed by atoms with Gasteiger partial charge in [-0.15, -0.1) is 0 Å². The molecule has 182 valence electrons. The highest BCUT2D eigenvalue weighted by molar-refractivity contribution is 7.85. The summed E-state index contributed by atoms with van der Waals surface area (Å²) < 4.78 is 35.3. The van der Waals surface area contributed by atoms with Gasteiger partial charge < -0.3 is 19.9 Å². The van der Waals surface area contributed by atoms with E-state index in [1.165, 1.54) is 26.0 Å². The van der Waals surface area contributed by atoms with Crippen molar-refractivity contribution in [3.8, 4) is 5.75 Å². The number of phenols is 1. The minimum atomic E-state index is -5.08. The van der Waals surface area contributed by atoms with Crippen molar-refractivity contribution >= 4 is 56.6 Å². The van der Waals surface area contributed by atoms with Crippen LogP contribution in [0.5, 0.6) is 5.75 Å². The number of benzene rings is 2. The van der Waals surface area contributed by atoms with E-state index < -0.39 is 54.6 Å². The summed E-state index contributed by atoms with van der Waals surface area (Å²) in [7, 11) is -5.08. The van der Waals surface area contributed by atoms with Gasteiger partial charge in [0, 0.05) is 5.56 Å². The Hall–Kier alpha value is -3.44. The first kappa shape index (κ1) is 26.2. The Kier molecular flexibility index (Phi) is 6.96. The van der Waals surface area contributed by atoms with Gasteiger partial charge in [-0.25, -0.2) is 18.0 Å². The molecule has 1 aliphatic carbocycles. The van der Waals surface area contributed by atoms with Crippen LogP contribution >= 0.6 is 23.2 Å². The number of rotatable bonds is 5. The van der Waals surface area contributed by atoms with Gasteiger partial charge in [-0.1, -0.05) is 23.2 Å². The Bertz CT molecular complexity index is 1530. The predicted octanol–water partition coefficient (Wildman–Crippen LogP) is 3.95. The molecule has 0 heterocycles. The van der Waals surface area contributed by atoms with Crippen molar-refractivity contribution in [1.82, 2.24) is 0 Å². The second-order valence-corrected chi connectivity index (χ2v) is 9.67. The van der Waals surface area contributed by atoms with Crippen molar-refractivity contribution in [2.45, 2.75) is 18.7 Å². The quantitative estimate of drug-likeness (QED) is 0.377. The number of carboxylic acid groups (broad SMARTS) is 2. The highest BCUT2D eigenvalue weighted by Crippen LogP contribution is 2.43. The van der Waals surface area contributed by atoms with Gasteiger partial charge in [0.1, 0.15) is 27.0 Å². The van der Waals surface area contributed by atoms with Crippen LogP contribution in [0.25, 0.3) is 5.57 Å². The monoisotopic (exact) mass is 537 g/mol. The molecule has 0 radical (unpaired) electrons. The molecular formula is C23H15Cl2O9S-. The first-order valence-electron chi connectivity index (χ1n) is 9.59. The number of aromatic carboxylic acids is 1. The Balaban J connectivity index is 2.59. The lowest BCUT2D eigenvalue weighted by molar-refractivity contribution is -0.134. The van der Waals surface area contributed by atoms with Crippen LogP contribution in [0.15, 0.2) is 58.0 Å². The summed E-state index contributed by atoms with van der Waals surface area (Å²) in [4.78, 5) is 34.9. The largest absolute Gasteiger partial charge is 0.744 e. The van der Waals surface area contributed by atoms with Gasteiger partial charge in [0.15, 0.2) is 5.78 Å². The average Bonchev–Trinajstić information content (AvgIpc) is 2.73. The predicted molar refractivity (Wildman–Crippen MR) is 125 cm³/mol. The molecule has 3 rings (SSSR count). The minimum Gasteiger partial charge on any atom is -0.744 e. The number of Topliss-reactive ketones (excluding diaryl/α,β-unsaturated/α-hetero) is 1. The number of carbonyl (C=O) groups excluding carboxylic acids is 1. The third-order valence-electron chi connectivity index (χ3n) is 5.19. The fourth-order valence-corrected chi connectivity index (χ4v) is 4.97. The van der Waals surface area contributed by atoms with Crippen molar-refractivity contribution in [1.29, 1.82) is 0 Å². The molecule has 0 bridgehead atoms. The number of aryl methyl sites for hydroxylation is 1. The Labute approximate surface area is 209 Å². The number of aromatic hydroxyl groups is 1. The van der Waals surface area contributed by atoms with E-state index in [9.17, 15) is 42.7 Å². The topological polar surface area (TPSA) is 169 Å². The van der Waals surface area contributed by atoms with Crippen LogP contribution in [0.4, 0.5) is 0 Å². The summed E-state index contributed by atoms with van der Waals surface area (Å²) in [5.41, 5.74) is -1.26. The van der Waals surface area contributed by atoms with Crippen molar-refractivity contribution < 1.29 is 42.7 Å². The summed E-state index contributed by atoms with van der Waals surface area (Å²) in [5.74, 6) is -4.34. The van der Waals surface area contributed by atoms with Crippen LogP contribution in [0.1, 0.15) is 34.0 Å². The molecule has 0 atom stereocenters. The minimum absolute atomic E-state index is 0.00574. The van der Waals surface area contributed by atoms with Crippen LogP contribution < -0.4 is 0 Å². The van der Waals surface area contributed by atoms with Crippen LogP contribution in [-0.4, -0.2) is 46.0 Å². The zero-order valence-corrected chi connectivity index (χ0v) is 20.2. The maximum Gasteiger partial charge on any atom is 0.339 e. The van der Waals surface area contributed by atoms with E-state index in [1.54, 1.807) is 0 Å². The van der Waals surface area contributed by atoms with Crippen LogP contribution in [0.2, 0.25) is 10.0 Å². The maximum atomic E-state index is 12.3. The molecule has 0 spiro atoms. The molecule has 2 aromatic carbocycles. The Morgan fingerprint density at radius 3 is 2.17 bits per heavy atom. The lowest BCUT2D eigenvalue weighted by atomic mass is 9.85. The van der Waals surface area contributed by atoms with Gasteiger partial charge >= 0.3 is 11.9 Å². The molecule has 0 aliphatic heterocycles. The smallest absolute Gasteiger partial charge is 0.339 e. The molecule has 9 nitrogen and oxygen atoms in total. The fraction of sp³-hybridized carbons (Fsp3) is 0.0870. The third-order valence-corrected chi connectivity index (χ3v) is 6.89. The first-order chi connectivity index (χ1) is 16.1. The Morgan fingerprint density at radius 1 is 1.00 bits per heavy atom. The van der Waals surface area contributed by atoms with E-state index in [4.69, 9.17) is 23.2 Å². The average molecular weight is 538 g/mol. The van der Waals surface area contributed by atoms with Crippen molar-refractivity contribution in [3.05, 3.63) is 85.4 Å². The molecule has 0 saturated heterocycles. The third kappa shape index (κ3) is 4.87. The highest BCUT2D eigenvalue weighted by Gasteiger charge is 2.28. The molecule has 0 aromatic heterocycles. The number of carbonyl (C=O) groups is 3. The summed E-state index contributed by atoms with van der Waals surface area (Å²) in [5, 5.41) is 28.5. The van der Waals surface area contributed by atoms with Crippen molar-refractivity contribution in [3.63, 3.8) is 0 Å². The number of hydrogen-bond donors (Lipinski definition) is 3. The molecule has 2 aromatic rings. The standard InChI is InChI=1S/C23H16Cl2O9S/c1-9-5-11(7-13(20(9)26)22(28)29)17(12-6-10(2)21(27)14(8-12)23(30)31)18-15(24)3-4-16(19(18)25)35(32,33)34/h3-8,26H,1-2H3,(H,28,29)(H,30,31)(H,32,33,34)/p-1. The molecule has 1 aliphatic rings. The first-order valence-corrected chi connectivity index (χ1v) is 11.7. The number of carboxylic acids is 2. The van der Waals surface area contributed by atoms with Gasteiger partial charge in [-0.3, -0.25) is 4.79 Å². The number of hydrogen-bond acceptors (Lipinski definition) is 7. The lowest BCUT2D eigenvalue weighted by Gasteiger charge is -2.21. The van der Waals surface area contributed by atoms with Crippen LogP contribution in [0.3, 0.4) is 0 Å². The number of ketones is 1. The molecule has 0 fully saturated rings. The molecule has 0 amide bonds. The molecule has 35 heavy (non-hydrogen) atoms. The molecule has 0 unspecified atom stereocenters. The van der Waals surface area contributed by atoms with Gasteiger partial charge in [-0.2, -0.15) is 0 Å². The van der Waals surface area contributed by atoms with E-state index >= 15 is 0 Å². The molecule has 0 saturated carbocycles. The summed E-state index contributed by atoms with van der Waals surface area (Å²) in [6, 6.07) is 4.37. The lowest BCUT2D eigenvalue weighted by Crippen LogP contribution is -2.17. The van der Waals surface area contributed by atoms with Gasteiger partial charge in [-0.05, 0) is 78.1 Å². The summed E-state index contributed by atoms with van der Waals surface area (Å²) in [6.45, 7) is 2.75. The fourth-order valence-electron chi connectivity index (χ4n) is 3.58. The normalized spacial score (nSPS) is 15.4. The summed E-state index contributed by atoms with van der Waals surface area (Å²) >= 11 is 12.7. The second kappa shape index (κ2) is 9.31. The summed E-state index contributed by atoms with van der Waals surface area (Å²) in [6.07, 6.45) is 2.29. The van der Waals surface area contributed by atoms with E-state index in [1.807, 2.05) is 0 Å². The molecular weight excluding hydrogens is 523 g/mol. The Morgan fingerprint density at radius 2 is 1.63 bits per heavy atom. The second-order valence-electron chi connectivity index (χ2n) is 7.53. The van der Waals surface area contributed by atoms with E-state index in [-0.39, 0.29) is 38.4 Å². The van der Waals surface area contributed by atoms with Gasteiger partial charge in [0.2, 0.25) is 0 Å². The zero-order valence-electron chi connectivity index (χ0n) is 17.9. The maximum absolute atomic E-state index is 12.3. The number of allylic oxidation sites excluding steroid dienone is 4. The van der Waals surface area contributed by atoms with Crippen molar-refractivity contribution in [2.24, 2.45) is 0 Å². The van der Waals surface area contributed by atoms with Gasteiger partial charge in [0.05, 0.1) is 14.9 Å².